The summed E-state index contributed by atoms with van der Waals surface area (Å²) < 4.78 is 0. The first kappa shape index (κ1) is 19.3. The number of hydrogen-bond acceptors (Lipinski definition) is 6. The van der Waals surface area contributed by atoms with Crippen LogP contribution in [0, 0.1) is 0 Å². The minimum Gasteiger partial charge on any atom is -0.508 e. The van der Waals surface area contributed by atoms with Gasteiger partial charge in [0.2, 0.25) is 0 Å². The van der Waals surface area contributed by atoms with E-state index in [4.69, 9.17) is 0 Å². The van der Waals surface area contributed by atoms with Gasteiger partial charge in [0.15, 0.2) is 0 Å². The first-order valence-corrected chi connectivity index (χ1v) is 8.16. The van der Waals surface area contributed by atoms with Crippen LogP contribution >= 0.6 is 0 Å². The lowest BCUT2D eigenvalue weighted by atomic mass is 9.83. The molecule has 4 N–H and O–H groups in total. The predicted molar refractivity (Wildman–Crippen MR) is 103 cm³/mol. The summed E-state index contributed by atoms with van der Waals surface area (Å²) >= 11 is 0. The second-order valence-electron chi connectivity index (χ2n) is 7.12. The van der Waals surface area contributed by atoms with Crippen molar-refractivity contribution in [2.24, 2.45) is 9.98 Å². The standard InChI is InChI=1S/C20H24N2O4/c1-19(2,21-11-13-9-15(23)5-7-17(13)25)20(3,4)22-12-14-10-16(24)6-8-18(14)26/h5-12,23-26H,1-4H3. The van der Waals surface area contributed by atoms with E-state index >= 15 is 0 Å². The third-order valence-electron chi connectivity index (χ3n) is 4.57. The molecule has 2 aromatic rings. The van der Waals surface area contributed by atoms with Gasteiger partial charge in [0.1, 0.15) is 23.0 Å². The summed E-state index contributed by atoms with van der Waals surface area (Å²) in [5, 5.41) is 38.8. The van der Waals surface area contributed by atoms with Gasteiger partial charge in [-0.15, -0.1) is 0 Å². The van der Waals surface area contributed by atoms with E-state index < -0.39 is 11.1 Å². The molecule has 0 radical (unpaired) electrons. The van der Waals surface area contributed by atoms with Gasteiger partial charge in [-0.05, 0) is 64.1 Å². The lowest BCUT2D eigenvalue weighted by Gasteiger charge is -2.35. The number of hydrogen-bond donors (Lipinski definition) is 4. The Labute approximate surface area is 152 Å². The van der Waals surface area contributed by atoms with Crippen molar-refractivity contribution in [1.29, 1.82) is 0 Å². The molecule has 0 atom stereocenters. The van der Waals surface area contributed by atoms with E-state index in [2.05, 4.69) is 9.98 Å². The second kappa shape index (κ2) is 7.07. The molecule has 0 fully saturated rings. The van der Waals surface area contributed by atoms with E-state index in [0.29, 0.717) is 11.1 Å². The summed E-state index contributed by atoms with van der Waals surface area (Å²) in [6, 6.07) is 8.45. The highest BCUT2D eigenvalue weighted by Gasteiger charge is 2.35. The third-order valence-corrected chi connectivity index (χ3v) is 4.57. The van der Waals surface area contributed by atoms with Crippen molar-refractivity contribution in [2.45, 2.75) is 38.8 Å². The maximum absolute atomic E-state index is 9.86. The van der Waals surface area contributed by atoms with Crippen LogP contribution in [0.2, 0.25) is 0 Å². The molecule has 0 spiro atoms. The molecule has 0 saturated heterocycles. The molecule has 2 aromatic carbocycles. The number of aromatic hydroxyl groups is 4. The predicted octanol–water partition coefficient (Wildman–Crippen LogP) is 3.60. The van der Waals surface area contributed by atoms with Crippen LogP contribution in [0.3, 0.4) is 0 Å². The van der Waals surface area contributed by atoms with Crippen LogP contribution in [0.4, 0.5) is 0 Å². The summed E-state index contributed by atoms with van der Waals surface area (Å²) in [6.45, 7) is 7.57. The van der Waals surface area contributed by atoms with Crippen molar-refractivity contribution >= 4 is 12.4 Å². The van der Waals surface area contributed by atoms with Crippen molar-refractivity contribution in [3.05, 3.63) is 47.5 Å². The highest BCUT2D eigenvalue weighted by molar-refractivity contribution is 5.85. The fourth-order valence-corrected chi connectivity index (χ4v) is 2.07. The van der Waals surface area contributed by atoms with Crippen LogP contribution in [0.1, 0.15) is 38.8 Å². The number of benzene rings is 2. The Hall–Kier alpha value is -3.02. The first-order chi connectivity index (χ1) is 12.0. The molecule has 0 aliphatic rings. The summed E-state index contributed by atoms with van der Waals surface area (Å²) in [5.74, 6) is 0.124. The zero-order chi connectivity index (χ0) is 19.5. The Morgan fingerprint density at radius 1 is 0.654 bits per heavy atom. The topological polar surface area (TPSA) is 106 Å². The summed E-state index contributed by atoms with van der Waals surface area (Å²) in [4.78, 5) is 9.06. The Morgan fingerprint density at radius 3 is 1.35 bits per heavy atom. The summed E-state index contributed by atoms with van der Waals surface area (Å²) in [7, 11) is 0. The molecule has 0 aliphatic heterocycles. The molecule has 0 heterocycles. The van der Waals surface area contributed by atoms with Gasteiger partial charge in [-0.1, -0.05) is 0 Å². The van der Waals surface area contributed by atoms with Gasteiger partial charge in [-0.25, -0.2) is 0 Å². The van der Waals surface area contributed by atoms with Gasteiger partial charge in [-0.3, -0.25) is 9.98 Å². The number of phenols is 4. The monoisotopic (exact) mass is 356 g/mol. The SMILES string of the molecule is CC(C)(N=Cc1cc(O)ccc1O)C(C)(C)N=Cc1cc(O)ccc1O. The molecule has 0 unspecified atom stereocenters. The average Bonchev–Trinajstić information content (AvgIpc) is 2.56. The smallest absolute Gasteiger partial charge is 0.124 e. The molecule has 0 aromatic heterocycles. The van der Waals surface area contributed by atoms with Gasteiger partial charge >= 0.3 is 0 Å². The molecule has 0 saturated carbocycles. The van der Waals surface area contributed by atoms with Crippen molar-refractivity contribution in [1.82, 2.24) is 0 Å². The summed E-state index contributed by atoms with van der Waals surface area (Å²) in [6.07, 6.45) is 3.00. The second-order valence-corrected chi connectivity index (χ2v) is 7.12. The minimum absolute atomic E-state index is 0.0216. The largest absolute Gasteiger partial charge is 0.508 e. The third kappa shape index (κ3) is 4.33. The van der Waals surface area contributed by atoms with E-state index in [9.17, 15) is 20.4 Å². The van der Waals surface area contributed by atoms with Crippen molar-refractivity contribution < 1.29 is 20.4 Å². The van der Waals surface area contributed by atoms with E-state index in [1.807, 2.05) is 27.7 Å². The quantitative estimate of drug-likeness (QED) is 0.485. The fraction of sp³-hybridized carbons (Fsp3) is 0.300. The van der Waals surface area contributed by atoms with Crippen LogP contribution in [-0.2, 0) is 0 Å². The molecule has 0 bridgehead atoms. The number of rotatable bonds is 5. The van der Waals surface area contributed by atoms with Crippen molar-refractivity contribution in [3.8, 4) is 23.0 Å². The van der Waals surface area contributed by atoms with Crippen LogP contribution in [0.5, 0.6) is 23.0 Å². The normalized spacial score (nSPS) is 12.9. The Morgan fingerprint density at radius 2 is 1.00 bits per heavy atom. The molecule has 6 nitrogen and oxygen atoms in total. The molecule has 0 amide bonds. The molecule has 2 rings (SSSR count). The molecule has 138 valence electrons. The molecule has 26 heavy (non-hydrogen) atoms. The Kier molecular flexibility index (Phi) is 5.25. The van der Waals surface area contributed by atoms with Gasteiger partial charge < -0.3 is 20.4 Å². The highest BCUT2D eigenvalue weighted by Crippen LogP contribution is 2.31. The van der Waals surface area contributed by atoms with E-state index in [1.54, 1.807) is 0 Å². The van der Waals surface area contributed by atoms with E-state index in [-0.39, 0.29) is 23.0 Å². The molecule has 6 heteroatoms. The van der Waals surface area contributed by atoms with Gasteiger partial charge in [0, 0.05) is 23.6 Å². The van der Waals surface area contributed by atoms with E-state index in [1.165, 1.54) is 48.8 Å². The van der Waals surface area contributed by atoms with Gasteiger partial charge in [0.05, 0.1) is 11.1 Å². The van der Waals surface area contributed by atoms with Crippen LogP contribution in [-0.4, -0.2) is 43.9 Å². The Bertz CT molecular complexity index is 783. The lowest BCUT2D eigenvalue weighted by molar-refractivity contribution is 0.317. The first-order valence-electron chi connectivity index (χ1n) is 8.16. The van der Waals surface area contributed by atoms with E-state index in [0.717, 1.165) is 0 Å². The number of phenolic OH excluding ortho intramolecular Hbond substituents is 4. The maximum Gasteiger partial charge on any atom is 0.124 e. The number of nitrogens with zero attached hydrogens (tertiary/aromatic N) is 2. The molecular weight excluding hydrogens is 332 g/mol. The van der Waals surface area contributed by atoms with Crippen LogP contribution in [0.15, 0.2) is 46.4 Å². The highest BCUT2D eigenvalue weighted by atomic mass is 16.3. The lowest BCUT2D eigenvalue weighted by Crippen LogP contribution is -2.42. The Balaban J connectivity index is 2.28. The zero-order valence-electron chi connectivity index (χ0n) is 15.3. The van der Waals surface area contributed by atoms with Crippen molar-refractivity contribution in [3.63, 3.8) is 0 Å². The maximum atomic E-state index is 9.86. The summed E-state index contributed by atoms with van der Waals surface area (Å²) in [5.41, 5.74) is -0.506. The van der Waals surface area contributed by atoms with Crippen molar-refractivity contribution in [2.75, 3.05) is 0 Å². The minimum atomic E-state index is -0.659. The van der Waals surface area contributed by atoms with Gasteiger partial charge in [0.25, 0.3) is 0 Å². The molecular formula is C20H24N2O4. The fourth-order valence-electron chi connectivity index (χ4n) is 2.07. The molecule has 0 aliphatic carbocycles. The zero-order valence-corrected chi connectivity index (χ0v) is 15.3. The average molecular weight is 356 g/mol. The van der Waals surface area contributed by atoms with Crippen LogP contribution < -0.4 is 0 Å². The van der Waals surface area contributed by atoms with Gasteiger partial charge in [-0.2, -0.15) is 0 Å². The number of aliphatic imine (C=N–C) groups is 2. The van der Waals surface area contributed by atoms with Crippen LogP contribution in [0.25, 0.3) is 0 Å².